The lowest BCUT2D eigenvalue weighted by atomic mass is 10.1. The highest BCUT2D eigenvalue weighted by Crippen LogP contribution is 2.30. The van der Waals surface area contributed by atoms with E-state index in [1.165, 1.54) is 0 Å². The number of ether oxygens (including phenoxy) is 2. The van der Waals surface area contributed by atoms with Crippen LogP contribution in [0.4, 0.5) is 23.2 Å². The van der Waals surface area contributed by atoms with E-state index < -0.39 is 53.1 Å². The third-order valence-electron chi connectivity index (χ3n) is 2.52. The summed E-state index contributed by atoms with van der Waals surface area (Å²) in [6.45, 7) is 2.52. The van der Waals surface area contributed by atoms with Gasteiger partial charge in [-0.15, -0.1) is 0 Å². The SMILES string of the molecule is C=CC(=O)OCCCOC(=O)c1c(F)c(F)c(N=[N+]=[N-])c(F)c1F. The third kappa shape index (κ3) is 4.23. The molecule has 0 N–H and O–H groups in total. The van der Waals surface area contributed by atoms with Gasteiger partial charge < -0.3 is 9.47 Å². The topological polar surface area (TPSA) is 101 Å². The van der Waals surface area contributed by atoms with Crippen molar-refractivity contribution >= 4 is 17.6 Å². The summed E-state index contributed by atoms with van der Waals surface area (Å²) < 4.78 is 63.3. The lowest BCUT2D eigenvalue weighted by Gasteiger charge is -2.09. The number of benzene rings is 1. The highest BCUT2D eigenvalue weighted by atomic mass is 19.2. The van der Waals surface area contributed by atoms with Gasteiger partial charge in [-0.25, -0.2) is 27.2 Å². The predicted molar refractivity (Wildman–Crippen MR) is 71.1 cm³/mol. The van der Waals surface area contributed by atoms with Crippen LogP contribution in [0.1, 0.15) is 16.8 Å². The van der Waals surface area contributed by atoms with Crippen LogP contribution in [0.15, 0.2) is 17.8 Å². The van der Waals surface area contributed by atoms with Crippen LogP contribution in [-0.4, -0.2) is 25.2 Å². The molecule has 0 amide bonds. The number of halogens is 4. The van der Waals surface area contributed by atoms with Crippen molar-refractivity contribution in [1.29, 1.82) is 0 Å². The summed E-state index contributed by atoms with van der Waals surface area (Å²) in [5, 5.41) is 2.48. The molecule has 11 heteroatoms. The lowest BCUT2D eigenvalue weighted by Crippen LogP contribution is -2.15. The number of hydrogen-bond donors (Lipinski definition) is 0. The monoisotopic (exact) mass is 347 g/mol. The second kappa shape index (κ2) is 8.53. The standard InChI is InChI=1S/C13H9F4N3O4/c1-2-6(21)23-4-3-5-24-13(22)7-8(14)10(16)12(19-20-18)11(17)9(7)15/h2H,1,3-5H2. The van der Waals surface area contributed by atoms with Gasteiger partial charge in [-0.2, -0.15) is 0 Å². The van der Waals surface area contributed by atoms with Crippen LogP contribution in [0.25, 0.3) is 10.4 Å². The van der Waals surface area contributed by atoms with Gasteiger partial charge >= 0.3 is 11.9 Å². The lowest BCUT2D eigenvalue weighted by molar-refractivity contribution is -0.137. The maximum atomic E-state index is 13.7. The molecular formula is C13H9F4N3O4. The van der Waals surface area contributed by atoms with Gasteiger partial charge in [0.15, 0.2) is 23.3 Å². The molecule has 0 heterocycles. The molecule has 0 saturated heterocycles. The van der Waals surface area contributed by atoms with Crippen molar-refractivity contribution in [2.75, 3.05) is 13.2 Å². The van der Waals surface area contributed by atoms with E-state index in [1.54, 1.807) is 0 Å². The second-order valence-electron chi connectivity index (χ2n) is 4.03. The fourth-order valence-corrected chi connectivity index (χ4v) is 1.46. The summed E-state index contributed by atoms with van der Waals surface area (Å²) >= 11 is 0. The van der Waals surface area contributed by atoms with Gasteiger partial charge in [-0.3, -0.25) is 0 Å². The van der Waals surface area contributed by atoms with Crippen molar-refractivity contribution in [3.05, 3.63) is 51.9 Å². The van der Waals surface area contributed by atoms with Crippen LogP contribution in [0.5, 0.6) is 0 Å². The van der Waals surface area contributed by atoms with Crippen LogP contribution < -0.4 is 0 Å². The molecule has 0 aliphatic carbocycles. The Morgan fingerprint density at radius 3 is 2.12 bits per heavy atom. The molecule has 1 rings (SSSR count). The molecule has 0 bridgehead atoms. The molecule has 1 aromatic rings. The van der Waals surface area contributed by atoms with E-state index in [2.05, 4.69) is 21.2 Å². The molecule has 0 radical (unpaired) electrons. The number of carbonyl (C=O) groups is 2. The Bertz CT molecular complexity index is 703. The number of rotatable bonds is 7. The van der Waals surface area contributed by atoms with Crippen molar-refractivity contribution in [3.63, 3.8) is 0 Å². The molecule has 0 spiro atoms. The van der Waals surface area contributed by atoms with Gasteiger partial charge in [-0.1, -0.05) is 11.7 Å². The van der Waals surface area contributed by atoms with E-state index >= 15 is 0 Å². The molecule has 0 aliphatic heterocycles. The van der Waals surface area contributed by atoms with Crippen LogP contribution >= 0.6 is 0 Å². The van der Waals surface area contributed by atoms with E-state index in [0.29, 0.717) is 0 Å². The highest BCUT2D eigenvalue weighted by Gasteiger charge is 2.29. The first kappa shape index (κ1) is 19.0. The zero-order valence-corrected chi connectivity index (χ0v) is 11.9. The molecule has 0 fully saturated rings. The number of esters is 2. The molecule has 0 aliphatic rings. The molecule has 24 heavy (non-hydrogen) atoms. The highest BCUT2D eigenvalue weighted by molar-refractivity contribution is 5.90. The Morgan fingerprint density at radius 2 is 1.62 bits per heavy atom. The predicted octanol–water partition coefficient (Wildman–Crippen LogP) is 3.46. The maximum Gasteiger partial charge on any atom is 0.344 e. The quantitative estimate of drug-likeness (QED) is 0.110. The first-order valence-corrected chi connectivity index (χ1v) is 6.22. The molecule has 0 saturated carbocycles. The van der Waals surface area contributed by atoms with E-state index in [0.717, 1.165) is 6.08 Å². The normalized spacial score (nSPS) is 9.83. The molecule has 0 unspecified atom stereocenters. The number of hydrogen-bond acceptors (Lipinski definition) is 5. The largest absolute Gasteiger partial charge is 0.462 e. The minimum atomic E-state index is -2.06. The van der Waals surface area contributed by atoms with Crippen LogP contribution in [0, 0.1) is 23.3 Å². The van der Waals surface area contributed by atoms with Gasteiger partial charge in [0, 0.05) is 17.4 Å². The fourth-order valence-electron chi connectivity index (χ4n) is 1.46. The zero-order chi connectivity index (χ0) is 18.3. The summed E-state index contributed by atoms with van der Waals surface area (Å²) in [6.07, 6.45) is 0.865. The molecule has 0 atom stereocenters. The van der Waals surface area contributed by atoms with Gasteiger partial charge in [0.25, 0.3) is 0 Å². The maximum absolute atomic E-state index is 13.7. The van der Waals surface area contributed by atoms with Gasteiger partial charge in [0.05, 0.1) is 13.2 Å². The fraction of sp³-hybridized carbons (Fsp3) is 0.231. The average molecular weight is 347 g/mol. The van der Waals surface area contributed by atoms with Gasteiger partial charge in [-0.05, 0) is 5.53 Å². The smallest absolute Gasteiger partial charge is 0.344 e. The molecule has 7 nitrogen and oxygen atoms in total. The summed E-state index contributed by atoms with van der Waals surface area (Å²) in [4.78, 5) is 24.3. The van der Waals surface area contributed by atoms with Crippen LogP contribution in [0.2, 0.25) is 0 Å². The molecule has 128 valence electrons. The zero-order valence-electron chi connectivity index (χ0n) is 11.9. The van der Waals surface area contributed by atoms with Crippen molar-refractivity contribution in [3.8, 4) is 0 Å². The Balaban J connectivity index is 2.86. The first-order valence-electron chi connectivity index (χ1n) is 6.22. The first-order chi connectivity index (χ1) is 11.3. The van der Waals surface area contributed by atoms with Crippen molar-refractivity contribution in [1.82, 2.24) is 0 Å². The Kier molecular flexibility index (Phi) is 6.75. The Morgan fingerprint density at radius 1 is 1.08 bits per heavy atom. The van der Waals surface area contributed by atoms with E-state index in [1.807, 2.05) is 4.91 Å². The van der Waals surface area contributed by atoms with Crippen molar-refractivity contribution < 1.29 is 36.6 Å². The van der Waals surface area contributed by atoms with E-state index in [4.69, 9.17) is 5.53 Å². The number of azide groups is 1. The second-order valence-corrected chi connectivity index (χ2v) is 4.03. The van der Waals surface area contributed by atoms with E-state index in [-0.39, 0.29) is 13.0 Å². The summed E-state index contributed by atoms with van der Waals surface area (Å²) in [6, 6.07) is 0. The Hall–Kier alpha value is -3.07. The number of nitrogens with zero attached hydrogens (tertiary/aromatic N) is 3. The molecular weight excluding hydrogens is 338 g/mol. The van der Waals surface area contributed by atoms with Crippen molar-refractivity contribution in [2.45, 2.75) is 6.42 Å². The minimum Gasteiger partial charge on any atom is -0.462 e. The third-order valence-corrected chi connectivity index (χ3v) is 2.52. The van der Waals surface area contributed by atoms with Gasteiger partial charge in [0.2, 0.25) is 0 Å². The van der Waals surface area contributed by atoms with E-state index in [9.17, 15) is 27.2 Å². The summed E-state index contributed by atoms with van der Waals surface area (Å²) in [5.41, 5.74) is 4.95. The van der Waals surface area contributed by atoms with Crippen LogP contribution in [-0.2, 0) is 14.3 Å². The van der Waals surface area contributed by atoms with Crippen LogP contribution in [0.3, 0.4) is 0 Å². The molecule has 1 aromatic carbocycles. The molecule has 0 aromatic heterocycles. The van der Waals surface area contributed by atoms with Gasteiger partial charge in [0.1, 0.15) is 11.3 Å². The number of carbonyl (C=O) groups excluding carboxylic acids is 2. The van der Waals surface area contributed by atoms with Crippen molar-refractivity contribution in [2.24, 2.45) is 5.11 Å². The minimum absolute atomic E-state index is 0.0314. The Labute approximate surface area is 132 Å². The average Bonchev–Trinajstić information content (AvgIpc) is 2.56. The summed E-state index contributed by atoms with van der Waals surface area (Å²) in [7, 11) is 0. The summed E-state index contributed by atoms with van der Waals surface area (Å²) in [5.74, 6) is -10.6.